The highest BCUT2D eigenvalue weighted by atomic mass is 35.5. The Balaban J connectivity index is 5.52. The Kier molecular flexibility index (Phi) is 10.8. The van der Waals surface area contributed by atoms with Gasteiger partial charge in [0, 0.05) is 22.6 Å². The third kappa shape index (κ3) is 7.97. The van der Waals surface area contributed by atoms with Crippen molar-refractivity contribution in [2.45, 2.75) is 74.5 Å². The summed E-state index contributed by atoms with van der Waals surface area (Å²) in [5.41, 5.74) is 0. The van der Waals surface area contributed by atoms with E-state index in [1.54, 1.807) is 0 Å². The molecule has 188 valence electrons. The summed E-state index contributed by atoms with van der Waals surface area (Å²) < 4.78 is 155. The summed E-state index contributed by atoms with van der Waals surface area (Å²) in [6.45, 7) is 2.39. The zero-order valence-corrected chi connectivity index (χ0v) is 18.6. The van der Waals surface area contributed by atoms with Crippen LogP contribution in [0.15, 0.2) is 0 Å². The highest BCUT2D eigenvalue weighted by Gasteiger charge is 2.64. The smallest absolute Gasteiger partial charge is 0.229 e. The van der Waals surface area contributed by atoms with E-state index in [0.29, 0.717) is 0 Å². The molecule has 0 aliphatic rings. The van der Waals surface area contributed by atoms with Crippen molar-refractivity contribution in [2.24, 2.45) is 11.8 Å². The van der Waals surface area contributed by atoms with Crippen LogP contribution in [0.2, 0.25) is 0 Å². The van der Waals surface area contributed by atoms with E-state index in [2.05, 4.69) is 0 Å². The summed E-state index contributed by atoms with van der Waals surface area (Å²) >= 11 is 11.1. The molecular weight excluding hydrogens is 517 g/mol. The maximum Gasteiger partial charge on any atom is 0.453 e. The lowest BCUT2D eigenvalue weighted by atomic mass is 9.92. The van der Waals surface area contributed by atoms with E-state index in [0.717, 1.165) is 0 Å². The molecular formula is C16H22Cl2F10O2S. The minimum Gasteiger partial charge on any atom is -0.229 e. The fraction of sp³-hybridized carbons (Fsp3) is 1.00. The molecule has 0 aliphatic heterocycles. The van der Waals surface area contributed by atoms with Gasteiger partial charge in [0.2, 0.25) is 0 Å². The second-order valence-electron chi connectivity index (χ2n) is 7.03. The Bertz CT molecular complexity index is 614. The fourth-order valence-corrected chi connectivity index (χ4v) is 4.88. The maximum absolute atomic E-state index is 13.7. The summed E-state index contributed by atoms with van der Waals surface area (Å²) in [5, 5.41) is -3.53. The molecule has 0 aromatic rings. The first-order valence-corrected chi connectivity index (χ1v) is 11.7. The van der Waals surface area contributed by atoms with Crippen molar-refractivity contribution in [3.63, 3.8) is 0 Å². The molecule has 15 heteroatoms. The van der Waals surface area contributed by atoms with Gasteiger partial charge < -0.3 is 0 Å². The van der Waals surface area contributed by atoms with E-state index in [-0.39, 0.29) is 12.8 Å². The van der Waals surface area contributed by atoms with Crippen LogP contribution in [0.3, 0.4) is 0 Å². The van der Waals surface area contributed by atoms with E-state index in [4.69, 9.17) is 23.2 Å². The van der Waals surface area contributed by atoms with Gasteiger partial charge in [-0.25, -0.2) is 8.42 Å². The zero-order chi connectivity index (χ0) is 25.1. The first kappa shape index (κ1) is 30.8. The Morgan fingerprint density at radius 3 is 1.10 bits per heavy atom. The van der Waals surface area contributed by atoms with Crippen LogP contribution < -0.4 is 0 Å². The molecule has 0 rings (SSSR count). The van der Waals surface area contributed by atoms with Gasteiger partial charge in [-0.15, -0.1) is 23.2 Å². The monoisotopic (exact) mass is 538 g/mol. The van der Waals surface area contributed by atoms with Gasteiger partial charge in [-0.3, -0.25) is 0 Å². The first-order chi connectivity index (χ1) is 13.7. The summed E-state index contributed by atoms with van der Waals surface area (Å²) in [4.78, 5) is 0. The fourth-order valence-electron chi connectivity index (χ4n) is 2.88. The number of alkyl halides is 12. The van der Waals surface area contributed by atoms with Gasteiger partial charge in [0.1, 0.15) is 9.84 Å². The van der Waals surface area contributed by atoms with Gasteiger partial charge in [-0.1, -0.05) is 13.8 Å². The number of sulfone groups is 1. The average Bonchev–Trinajstić information content (AvgIpc) is 2.58. The zero-order valence-electron chi connectivity index (χ0n) is 16.3. The Labute approximate surface area is 183 Å². The van der Waals surface area contributed by atoms with Crippen molar-refractivity contribution >= 4 is 33.0 Å². The van der Waals surface area contributed by atoms with Gasteiger partial charge >= 0.3 is 24.2 Å². The Morgan fingerprint density at radius 2 is 0.903 bits per heavy atom. The predicted octanol–water partition coefficient (Wildman–Crippen LogP) is 6.84. The Morgan fingerprint density at radius 1 is 0.645 bits per heavy atom. The molecule has 2 nitrogen and oxygen atoms in total. The molecule has 31 heavy (non-hydrogen) atoms. The third-order valence-corrected chi connectivity index (χ3v) is 7.76. The highest BCUT2D eigenvalue weighted by molar-refractivity contribution is 7.91. The lowest BCUT2D eigenvalue weighted by molar-refractivity contribution is -0.303. The molecule has 4 atom stereocenters. The molecule has 4 unspecified atom stereocenters. The number of halogens is 12. The van der Waals surface area contributed by atoms with Gasteiger partial charge in [0.05, 0.1) is 11.5 Å². The normalized spacial score (nSPS) is 18.5. The van der Waals surface area contributed by atoms with Crippen LogP contribution in [0.4, 0.5) is 43.9 Å². The average molecular weight is 539 g/mol. The van der Waals surface area contributed by atoms with Crippen LogP contribution >= 0.6 is 23.2 Å². The largest absolute Gasteiger partial charge is 0.453 e. The van der Waals surface area contributed by atoms with E-state index < -0.39 is 81.0 Å². The van der Waals surface area contributed by atoms with E-state index in [9.17, 15) is 52.3 Å². The van der Waals surface area contributed by atoms with Crippen molar-refractivity contribution in [1.82, 2.24) is 0 Å². The number of hydrogen-bond donors (Lipinski definition) is 0. The van der Waals surface area contributed by atoms with E-state index in [1.165, 1.54) is 13.8 Å². The van der Waals surface area contributed by atoms with Gasteiger partial charge in [0.25, 0.3) is 0 Å². The second kappa shape index (κ2) is 10.8. The summed E-state index contributed by atoms with van der Waals surface area (Å²) in [5.74, 6) is -18.6. The van der Waals surface area contributed by atoms with Crippen molar-refractivity contribution in [3.05, 3.63) is 0 Å². The molecule has 0 spiro atoms. The molecule has 0 aromatic heterocycles. The minimum atomic E-state index is -6.02. The molecule has 0 fully saturated rings. The molecule has 0 radical (unpaired) electrons. The lowest BCUT2D eigenvalue weighted by Gasteiger charge is -2.32. The topological polar surface area (TPSA) is 34.1 Å². The van der Waals surface area contributed by atoms with Gasteiger partial charge in [-0.05, 0) is 25.7 Å². The van der Waals surface area contributed by atoms with Crippen molar-refractivity contribution in [1.29, 1.82) is 0 Å². The van der Waals surface area contributed by atoms with Gasteiger partial charge in [0.15, 0.2) is 0 Å². The van der Waals surface area contributed by atoms with Crippen molar-refractivity contribution in [2.75, 3.05) is 11.5 Å². The van der Waals surface area contributed by atoms with Crippen LogP contribution in [-0.2, 0) is 9.84 Å². The standard InChI is InChI=1S/C16H22Cl2F10O2S/c1-3-11(17)9(13(19,20)15(23,24)25)5-7-31(29,30)8-6-10(12(18)4-2)14(21,22)16(26,27)28/h9-12H,3-8H2,1-2H3. The Hall–Kier alpha value is -0.170. The van der Waals surface area contributed by atoms with Crippen LogP contribution in [0, 0.1) is 11.8 Å². The van der Waals surface area contributed by atoms with E-state index >= 15 is 0 Å². The van der Waals surface area contributed by atoms with Crippen LogP contribution in [0.1, 0.15) is 39.5 Å². The van der Waals surface area contributed by atoms with Crippen molar-refractivity contribution in [3.8, 4) is 0 Å². The molecule has 0 bridgehead atoms. The second-order valence-corrected chi connectivity index (χ2v) is 10.5. The van der Waals surface area contributed by atoms with Crippen LogP contribution in [0.25, 0.3) is 0 Å². The van der Waals surface area contributed by atoms with Crippen LogP contribution in [0.5, 0.6) is 0 Å². The maximum atomic E-state index is 13.7. The quantitative estimate of drug-likeness (QED) is 0.201. The lowest BCUT2D eigenvalue weighted by Crippen LogP contribution is -2.48. The predicted molar refractivity (Wildman–Crippen MR) is 96.7 cm³/mol. The third-order valence-electron chi connectivity index (χ3n) is 4.82. The molecule has 0 saturated heterocycles. The van der Waals surface area contributed by atoms with Crippen molar-refractivity contribution < 1.29 is 52.3 Å². The molecule has 0 heterocycles. The number of hydrogen-bond acceptors (Lipinski definition) is 2. The first-order valence-electron chi connectivity index (χ1n) is 9.03. The number of rotatable bonds is 12. The summed E-state index contributed by atoms with van der Waals surface area (Å²) in [7, 11) is -4.59. The molecule has 0 amide bonds. The summed E-state index contributed by atoms with van der Waals surface area (Å²) in [6.07, 6.45) is -15.3. The minimum absolute atomic E-state index is 0.359. The SMILES string of the molecule is CCC(Cl)C(CCS(=O)(=O)CCC(C(Cl)CC)C(F)(F)C(F)(F)F)C(F)(F)C(F)(F)F. The van der Waals surface area contributed by atoms with E-state index in [1.807, 2.05) is 0 Å². The molecule has 0 saturated carbocycles. The highest BCUT2D eigenvalue weighted by Crippen LogP contribution is 2.47. The molecule has 0 aromatic carbocycles. The molecule has 0 aliphatic carbocycles. The molecule has 0 N–H and O–H groups in total. The van der Waals surface area contributed by atoms with Crippen LogP contribution in [-0.4, -0.2) is 54.9 Å². The van der Waals surface area contributed by atoms with Gasteiger partial charge in [-0.2, -0.15) is 43.9 Å². The summed E-state index contributed by atoms with van der Waals surface area (Å²) in [6, 6.07) is 0.